The first kappa shape index (κ1) is 19.5. The minimum atomic E-state index is -4.38. The van der Waals surface area contributed by atoms with Crippen LogP contribution in [0.3, 0.4) is 0 Å². The smallest absolute Gasteiger partial charge is 0.371 e. The second kappa shape index (κ2) is 8.15. The molecule has 3 rings (SSSR count). The average Bonchev–Trinajstić information content (AvgIpc) is 2.65. The van der Waals surface area contributed by atoms with E-state index in [0.29, 0.717) is 24.4 Å². The number of piperidine rings is 1. The summed E-state index contributed by atoms with van der Waals surface area (Å²) in [4.78, 5) is 18.0. The van der Waals surface area contributed by atoms with E-state index in [1.165, 1.54) is 6.07 Å². The number of nitrogens with one attached hydrogen (secondary N) is 1. The Hall–Kier alpha value is -2.31. The third-order valence-electron chi connectivity index (χ3n) is 4.97. The van der Waals surface area contributed by atoms with Gasteiger partial charge in [0.25, 0.3) is 0 Å². The predicted molar refractivity (Wildman–Crippen MR) is 99.6 cm³/mol. The number of anilines is 1. The normalized spacial score (nSPS) is 17.9. The Morgan fingerprint density at radius 1 is 1.33 bits per heavy atom. The van der Waals surface area contributed by atoms with Crippen LogP contribution < -0.4 is 10.2 Å². The molecule has 0 spiro atoms. The van der Waals surface area contributed by atoms with Gasteiger partial charge >= 0.3 is 6.18 Å². The maximum Gasteiger partial charge on any atom is 0.416 e. The highest BCUT2D eigenvalue weighted by molar-refractivity contribution is 5.92. The second-order valence-electron chi connectivity index (χ2n) is 7.07. The van der Waals surface area contributed by atoms with E-state index >= 15 is 0 Å². The summed E-state index contributed by atoms with van der Waals surface area (Å²) in [6.07, 6.45) is 0.560. The SMILES string of the molecule is CCCC(=O)NCC1CCCN(c2ccnc3cc(C(F)(F)F)ccc23)C1. The molecular weight excluding hydrogens is 355 g/mol. The van der Waals surface area contributed by atoms with E-state index in [2.05, 4.69) is 15.2 Å². The molecular formula is C20H24F3N3O. The zero-order chi connectivity index (χ0) is 19.4. The summed E-state index contributed by atoms with van der Waals surface area (Å²) in [5, 5.41) is 3.71. The van der Waals surface area contributed by atoms with Gasteiger partial charge in [-0.25, -0.2) is 0 Å². The van der Waals surface area contributed by atoms with Crippen molar-refractivity contribution in [2.24, 2.45) is 5.92 Å². The standard InChI is InChI=1S/C20H24F3N3O/c1-2-4-19(27)25-12-14-5-3-10-26(13-14)18-8-9-24-17-11-15(20(21,22)23)6-7-16(17)18/h6-9,11,14H,2-5,10,12-13H2,1H3,(H,25,27). The van der Waals surface area contributed by atoms with Crippen molar-refractivity contribution in [3.05, 3.63) is 36.0 Å². The van der Waals surface area contributed by atoms with Gasteiger partial charge in [-0.05, 0) is 43.4 Å². The van der Waals surface area contributed by atoms with Crippen LogP contribution in [-0.2, 0) is 11.0 Å². The molecule has 7 heteroatoms. The Labute approximate surface area is 156 Å². The van der Waals surface area contributed by atoms with Crippen molar-refractivity contribution in [1.29, 1.82) is 0 Å². The average molecular weight is 379 g/mol. The number of rotatable bonds is 5. The number of carbonyl (C=O) groups excluding carboxylic acids is 1. The van der Waals surface area contributed by atoms with Crippen molar-refractivity contribution in [2.75, 3.05) is 24.5 Å². The molecule has 0 radical (unpaired) electrons. The maximum absolute atomic E-state index is 13.0. The molecule has 1 atom stereocenters. The van der Waals surface area contributed by atoms with Gasteiger partial charge in [0.1, 0.15) is 0 Å². The fourth-order valence-electron chi connectivity index (χ4n) is 3.61. The fraction of sp³-hybridized carbons (Fsp3) is 0.500. The van der Waals surface area contributed by atoms with Gasteiger partial charge in [-0.3, -0.25) is 9.78 Å². The number of carbonyl (C=O) groups is 1. The summed E-state index contributed by atoms with van der Waals surface area (Å²) in [5.74, 6) is 0.404. The van der Waals surface area contributed by atoms with Crippen LogP contribution in [-0.4, -0.2) is 30.5 Å². The van der Waals surface area contributed by atoms with Crippen LogP contribution >= 0.6 is 0 Å². The zero-order valence-electron chi connectivity index (χ0n) is 15.4. The molecule has 0 bridgehead atoms. The minimum absolute atomic E-state index is 0.0728. The Balaban J connectivity index is 1.77. The fourth-order valence-corrected chi connectivity index (χ4v) is 3.61. The van der Waals surface area contributed by atoms with Crippen LogP contribution in [0.4, 0.5) is 18.9 Å². The molecule has 1 fully saturated rings. The quantitative estimate of drug-likeness (QED) is 0.838. The first-order chi connectivity index (χ1) is 12.9. The second-order valence-corrected chi connectivity index (χ2v) is 7.07. The molecule has 1 aliphatic heterocycles. The molecule has 1 aromatic heterocycles. The van der Waals surface area contributed by atoms with Crippen LogP contribution in [0.15, 0.2) is 30.5 Å². The molecule has 1 saturated heterocycles. The molecule has 2 heterocycles. The number of hydrogen-bond donors (Lipinski definition) is 1. The first-order valence-electron chi connectivity index (χ1n) is 9.36. The lowest BCUT2D eigenvalue weighted by Crippen LogP contribution is -2.41. The number of benzene rings is 1. The molecule has 1 aliphatic rings. The van der Waals surface area contributed by atoms with Gasteiger partial charge in [0.15, 0.2) is 0 Å². The number of amides is 1. The number of halogens is 3. The molecule has 1 N–H and O–H groups in total. The van der Waals surface area contributed by atoms with Gasteiger partial charge in [0.05, 0.1) is 11.1 Å². The van der Waals surface area contributed by atoms with E-state index < -0.39 is 11.7 Å². The Kier molecular flexibility index (Phi) is 5.87. The monoisotopic (exact) mass is 379 g/mol. The van der Waals surface area contributed by atoms with Gasteiger partial charge in [0, 0.05) is 43.3 Å². The third-order valence-corrected chi connectivity index (χ3v) is 4.97. The van der Waals surface area contributed by atoms with Crippen LogP contribution in [0.5, 0.6) is 0 Å². The summed E-state index contributed by atoms with van der Waals surface area (Å²) >= 11 is 0. The van der Waals surface area contributed by atoms with Gasteiger partial charge < -0.3 is 10.2 Å². The van der Waals surface area contributed by atoms with Crippen LogP contribution in [0.2, 0.25) is 0 Å². The molecule has 4 nitrogen and oxygen atoms in total. The van der Waals surface area contributed by atoms with Crippen molar-refractivity contribution in [1.82, 2.24) is 10.3 Å². The van der Waals surface area contributed by atoms with E-state index in [1.807, 2.05) is 13.0 Å². The van der Waals surface area contributed by atoms with E-state index in [9.17, 15) is 18.0 Å². The maximum atomic E-state index is 13.0. The van der Waals surface area contributed by atoms with E-state index in [4.69, 9.17) is 0 Å². The number of aromatic nitrogens is 1. The first-order valence-corrected chi connectivity index (χ1v) is 9.36. The molecule has 27 heavy (non-hydrogen) atoms. The van der Waals surface area contributed by atoms with E-state index in [0.717, 1.165) is 55.6 Å². The van der Waals surface area contributed by atoms with E-state index in [-0.39, 0.29) is 5.91 Å². The summed E-state index contributed by atoms with van der Waals surface area (Å²) in [7, 11) is 0. The van der Waals surface area contributed by atoms with Gasteiger partial charge in [-0.2, -0.15) is 13.2 Å². The van der Waals surface area contributed by atoms with Crippen LogP contribution in [0, 0.1) is 5.92 Å². The lowest BCUT2D eigenvalue weighted by Gasteiger charge is -2.35. The minimum Gasteiger partial charge on any atom is -0.371 e. The van der Waals surface area contributed by atoms with Crippen molar-refractivity contribution in [3.63, 3.8) is 0 Å². The molecule has 1 unspecified atom stereocenters. The number of alkyl halides is 3. The van der Waals surface area contributed by atoms with Crippen molar-refractivity contribution in [2.45, 2.75) is 38.8 Å². The van der Waals surface area contributed by atoms with Crippen LogP contribution in [0.25, 0.3) is 10.9 Å². The number of hydrogen-bond acceptors (Lipinski definition) is 3. The Morgan fingerprint density at radius 3 is 2.89 bits per heavy atom. The third kappa shape index (κ3) is 4.70. The predicted octanol–water partition coefficient (Wildman–Crippen LogP) is 4.39. The topological polar surface area (TPSA) is 45.2 Å². The van der Waals surface area contributed by atoms with Gasteiger partial charge in [-0.15, -0.1) is 0 Å². The van der Waals surface area contributed by atoms with Gasteiger partial charge in [0.2, 0.25) is 5.91 Å². The number of fused-ring (bicyclic) bond motifs is 1. The van der Waals surface area contributed by atoms with E-state index in [1.54, 1.807) is 6.20 Å². The zero-order valence-corrected chi connectivity index (χ0v) is 15.4. The Bertz CT molecular complexity index is 807. The highest BCUT2D eigenvalue weighted by Gasteiger charge is 2.31. The lowest BCUT2D eigenvalue weighted by atomic mass is 9.96. The van der Waals surface area contributed by atoms with Crippen molar-refractivity contribution in [3.8, 4) is 0 Å². The summed E-state index contributed by atoms with van der Waals surface area (Å²) in [5.41, 5.74) is 0.564. The largest absolute Gasteiger partial charge is 0.416 e. The van der Waals surface area contributed by atoms with Crippen molar-refractivity contribution >= 4 is 22.5 Å². The highest BCUT2D eigenvalue weighted by Crippen LogP contribution is 2.34. The summed E-state index contributed by atoms with van der Waals surface area (Å²) in [6.45, 7) is 4.23. The molecule has 0 aliphatic carbocycles. The van der Waals surface area contributed by atoms with Gasteiger partial charge in [-0.1, -0.05) is 13.0 Å². The Morgan fingerprint density at radius 2 is 2.15 bits per heavy atom. The van der Waals surface area contributed by atoms with Crippen LogP contribution in [0.1, 0.15) is 38.2 Å². The lowest BCUT2D eigenvalue weighted by molar-refractivity contribution is -0.137. The summed E-state index contributed by atoms with van der Waals surface area (Å²) < 4.78 is 38.9. The molecule has 1 aromatic carbocycles. The number of nitrogens with zero attached hydrogens (tertiary/aromatic N) is 2. The molecule has 0 saturated carbocycles. The highest BCUT2D eigenvalue weighted by atomic mass is 19.4. The number of pyridine rings is 1. The molecule has 2 aromatic rings. The molecule has 146 valence electrons. The summed E-state index contributed by atoms with van der Waals surface area (Å²) in [6, 6.07) is 5.58. The van der Waals surface area contributed by atoms with Crippen molar-refractivity contribution < 1.29 is 18.0 Å². The molecule has 1 amide bonds.